The van der Waals surface area contributed by atoms with Crippen LogP contribution >= 0.6 is 0 Å². The molecule has 0 unspecified atom stereocenters. The maximum atomic E-state index is 11.9. The molecule has 8 heteroatoms. The molecule has 0 aliphatic rings. The van der Waals surface area contributed by atoms with E-state index >= 15 is 0 Å². The molecule has 8 nitrogen and oxygen atoms in total. The molecule has 0 bridgehead atoms. The third-order valence-corrected chi connectivity index (χ3v) is 3.04. The number of aromatic nitrogens is 4. The summed E-state index contributed by atoms with van der Waals surface area (Å²) >= 11 is 0. The smallest absolute Gasteiger partial charge is 0.337 e. The van der Waals surface area contributed by atoms with Crippen molar-refractivity contribution in [1.82, 2.24) is 25.1 Å². The lowest BCUT2D eigenvalue weighted by Gasteiger charge is -2.09. The van der Waals surface area contributed by atoms with E-state index in [1.807, 2.05) is 18.4 Å². The van der Waals surface area contributed by atoms with Crippen molar-refractivity contribution >= 4 is 11.9 Å². The van der Waals surface area contributed by atoms with Crippen molar-refractivity contribution < 1.29 is 14.7 Å². The number of hydrogen-bond acceptors (Lipinski definition) is 5. The summed E-state index contributed by atoms with van der Waals surface area (Å²) in [5.74, 6) is -0.314. The number of nitrogens with zero attached hydrogens (tertiary/aromatic N) is 4. The maximum absolute atomic E-state index is 11.9. The van der Waals surface area contributed by atoms with E-state index in [2.05, 4.69) is 20.5 Å². The molecule has 22 heavy (non-hydrogen) atoms. The van der Waals surface area contributed by atoms with Crippen molar-refractivity contribution in [2.45, 2.75) is 26.3 Å². The maximum Gasteiger partial charge on any atom is 0.337 e. The molecule has 1 amide bonds. The number of nitrogens with one attached hydrogen (secondary N) is 1. The number of aromatic carboxylic acids is 1. The van der Waals surface area contributed by atoms with Gasteiger partial charge in [-0.05, 0) is 12.1 Å². The molecule has 0 spiro atoms. The zero-order valence-electron chi connectivity index (χ0n) is 12.4. The van der Waals surface area contributed by atoms with Crippen LogP contribution in [0.3, 0.4) is 0 Å². The molecule has 0 aromatic carbocycles. The molecule has 0 radical (unpaired) electrons. The van der Waals surface area contributed by atoms with E-state index < -0.39 is 5.97 Å². The van der Waals surface area contributed by atoms with Crippen LogP contribution in [0.15, 0.2) is 24.7 Å². The number of hydrogen-bond donors (Lipinski definition) is 2. The molecule has 0 fully saturated rings. The van der Waals surface area contributed by atoms with Crippen LogP contribution in [0.1, 0.15) is 46.4 Å². The fraction of sp³-hybridized carbons (Fsp3) is 0.357. The molecule has 0 aliphatic heterocycles. The summed E-state index contributed by atoms with van der Waals surface area (Å²) in [4.78, 5) is 26.5. The van der Waals surface area contributed by atoms with Crippen LogP contribution in [0.25, 0.3) is 0 Å². The number of rotatable bonds is 6. The van der Waals surface area contributed by atoms with Crippen LogP contribution < -0.4 is 5.32 Å². The highest BCUT2D eigenvalue weighted by Gasteiger charge is 2.11. The van der Waals surface area contributed by atoms with Gasteiger partial charge in [-0.1, -0.05) is 13.8 Å². The van der Waals surface area contributed by atoms with E-state index in [0.29, 0.717) is 13.1 Å². The van der Waals surface area contributed by atoms with Gasteiger partial charge in [0.15, 0.2) is 0 Å². The highest BCUT2D eigenvalue weighted by Crippen LogP contribution is 2.09. The lowest BCUT2D eigenvalue weighted by atomic mass is 10.2. The zero-order valence-corrected chi connectivity index (χ0v) is 12.4. The second-order valence-electron chi connectivity index (χ2n) is 5.03. The van der Waals surface area contributed by atoms with Gasteiger partial charge in [-0.3, -0.25) is 9.78 Å². The standard InChI is InChI=1S/C14H17N5O3/c1-9(2)12-18-17-8-19(12)6-5-15-13(20)11-4-3-10(7-16-11)14(21)22/h3-4,7-9H,5-6H2,1-2H3,(H,15,20)(H,21,22). The van der Waals surface area contributed by atoms with Gasteiger partial charge in [0.05, 0.1) is 5.56 Å². The monoisotopic (exact) mass is 303 g/mol. The van der Waals surface area contributed by atoms with Crippen LogP contribution in [-0.2, 0) is 6.54 Å². The second kappa shape index (κ2) is 6.79. The quantitative estimate of drug-likeness (QED) is 0.821. The van der Waals surface area contributed by atoms with E-state index in [9.17, 15) is 9.59 Å². The average molecular weight is 303 g/mol. The Morgan fingerprint density at radius 2 is 2.14 bits per heavy atom. The van der Waals surface area contributed by atoms with E-state index in [4.69, 9.17) is 5.11 Å². The minimum atomic E-state index is -1.08. The van der Waals surface area contributed by atoms with Gasteiger partial charge in [0, 0.05) is 25.2 Å². The molecule has 116 valence electrons. The first-order valence-electron chi connectivity index (χ1n) is 6.84. The van der Waals surface area contributed by atoms with Crippen LogP contribution in [0.4, 0.5) is 0 Å². The summed E-state index contributed by atoms with van der Waals surface area (Å²) in [6.07, 6.45) is 2.79. The Balaban J connectivity index is 1.90. The number of carboxylic acids is 1. The predicted molar refractivity (Wildman–Crippen MR) is 77.6 cm³/mol. The van der Waals surface area contributed by atoms with E-state index in [0.717, 1.165) is 12.0 Å². The van der Waals surface area contributed by atoms with Crippen LogP contribution in [0, 0.1) is 0 Å². The van der Waals surface area contributed by atoms with Crippen molar-refractivity contribution in [1.29, 1.82) is 0 Å². The minimum absolute atomic E-state index is 0.0441. The molecule has 0 saturated heterocycles. The molecular formula is C14H17N5O3. The van der Waals surface area contributed by atoms with Gasteiger partial charge < -0.3 is 15.0 Å². The molecule has 0 atom stereocenters. The molecule has 0 aliphatic carbocycles. The molecule has 2 aromatic rings. The lowest BCUT2D eigenvalue weighted by molar-refractivity contribution is 0.0695. The van der Waals surface area contributed by atoms with Crippen molar-refractivity contribution in [2.24, 2.45) is 0 Å². The topological polar surface area (TPSA) is 110 Å². The number of amides is 1. The second-order valence-corrected chi connectivity index (χ2v) is 5.03. The normalized spacial score (nSPS) is 10.7. The molecule has 2 heterocycles. The van der Waals surface area contributed by atoms with Gasteiger partial charge >= 0.3 is 5.97 Å². The van der Waals surface area contributed by atoms with Gasteiger partial charge in [-0.2, -0.15) is 0 Å². The first-order valence-corrected chi connectivity index (χ1v) is 6.84. The SMILES string of the molecule is CC(C)c1nncn1CCNC(=O)c1ccc(C(=O)O)cn1. The summed E-state index contributed by atoms with van der Waals surface area (Å²) in [5.41, 5.74) is 0.223. The predicted octanol–water partition coefficient (Wildman–Crippen LogP) is 0.925. The Kier molecular flexibility index (Phi) is 4.82. The van der Waals surface area contributed by atoms with E-state index in [1.165, 1.54) is 12.1 Å². The van der Waals surface area contributed by atoms with Crippen LogP contribution in [-0.4, -0.2) is 43.3 Å². The zero-order chi connectivity index (χ0) is 16.1. The van der Waals surface area contributed by atoms with Crippen molar-refractivity contribution in [3.8, 4) is 0 Å². The third-order valence-electron chi connectivity index (χ3n) is 3.04. The number of pyridine rings is 1. The van der Waals surface area contributed by atoms with Gasteiger partial charge in [0.2, 0.25) is 0 Å². The first kappa shape index (κ1) is 15.6. The van der Waals surface area contributed by atoms with Gasteiger partial charge in [-0.15, -0.1) is 10.2 Å². The summed E-state index contributed by atoms with van der Waals surface area (Å²) < 4.78 is 1.88. The Morgan fingerprint density at radius 3 is 2.73 bits per heavy atom. The van der Waals surface area contributed by atoms with E-state index in [1.54, 1.807) is 6.33 Å². The van der Waals surface area contributed by atoms with Crippen LogP contribution in [0.2, 0.25) is 0 Å². The Bertz CT molecular complexity index is 663. The van der Waals surface area contributed by atoms with Crippen molar-refractivity contribution in [3.05, 3.63) is 41.7 Å². The molecule has 0 saturated carbocycles. The fourth-order valence-corrected chi connectivity index (χ4v) is 1.92. The third kappa shape index (κ3) is 3.66. The molecule has 2 N–H and O–H groups in total. The fourth-order valence-electron chi connectivity index (χ4n) is 1.92. The largest absolute Gasteiger partial charge is 0.478 e. The summed E-state index contributed by atoms with van der Waals surface area (Å²) in [5, 5.41) is 19.4. The number of carbonyl (C=O) groups is 2. The van der Waals surface area contributed by atoms with Gasteiger partial charge in [0.1, 0.15) is 17.8 Å². The summed E-state index contributed by atoms with van der Waals surface area (Å²) in [6, 6.07) is 2.73. The van der Waals surface area contributed by atoms with Gasteiger partial charge in [-0.25, -0.2) is 4.79 Å². The number of carbonyl (C=O) groups excluding carboxylic acids is 1. The molecule has 2 aromatic heterocycles. The molecule has 2 rings (SSSR count). The van der Waals surface area contributed by atoms with Gasteiger partial charge in [0.25, 0.3) is 5.91 Å². The summed E-state index contributed by atoms with van der Waals surface area (Å²) in [6.45, 7) is 5.00. The Hall–Kier alpha value is -2.77. The number of carboxylic acid groups (broad SMARTS) is 1. The summed E-state index contributed by atoms with van der Waals surface area (Å²) in [7, 11) is 0. The highest BCUT2D eigenvalue weighted by molar-refractivity contribution is 5.93. The van der Waals surface area contributed by atoms with Crippen molar-refractivity contribution in [2.75, 3.05) is 6.54 Å². The highest BCUT2D eigenvalue weighted by atomic mass is 16.4. The first-order chi connectivity index (χ1) is 10.5. The van der Waals surface area contributed by atoms with Crippen LogP contribution in [0.5, 0.6) is 0 Å². The Labute approximate surface area is 127 Å². The Morgan fingerprint density at radius 1 is 1.36 bits per heavy atom. The lowest BCUT2D eigenvalue weighted by Crippen LogP contribution is -2.28. The average Bonchev–Trinajstić information content (AvgIpc) is 2.96. The van der Waals surface area contributed by atoms with E-state index in [-0.39, 0.29) is 23.1 Å². The van der Waals surface area contributed by atoms with Crippen molar-refractivity contribution in [3.63, 3.8) is 0 Å². The minimum Gasteiger partial charge on any atom is -0.478 e. The molecular weight excluding hydrogens is 286 g/mol.